The Morgan fingerprint density at radius 3 is 2.50 bits per heavy atom. The minimum absolute atomic E-state index is 0.115. The Morgan fingerprint density at radius 2 is 1.96 bits per heavy atom. The minimum Gasteiger partial charge on any atom is -0.460 e. The monoisotopic (exact) mass is 331 g/mol. The predicted octanol–water partition coefficient (Wildman–Crippen LogP) is 1.10. The van der Waals surface area contributed by atoms with Gasteiger partial charge in [-0.05, 0) is 18.4 Å². The molecule has 1 saturated carbocycles. The number of nitrogens with one attached hydrogen (secondary N) is 1. The van der Waals surface area contributed by atoms with E-state index in [1.165, 1.54) is 0 Å². The summed E-state index contributed by atoms with van der Waals surface area (Å²) in [6, 6.07) is 8.70. The second-order valence-electron chi connectivity index (χ2n) is 5.30. The first-order valence-electron chi connectivity index (χ1n) is 7.38. The molecule has 0 aliphatic heterocycles. The van der Waals surface area contributed by atoms with Crippen molar-refractivity contribution >= 4 is 23.6 Å². The van der Waals surface area contributed by atoms with Crippen LogP contribution in [0.25, 0.3) is 5.53 Å². The number of ketones is 1. The van der Waals surface area contributed by atoms with E-state index in [9.17, 15) is 14.4 Å². The normalized spacial score (nSPS) is 18.5. The summed E-state index contributed by atoms with van der Waals surface area (Å²) in [6.45, 7) is 0.115. The van der Waals surface area contributed by atoms with Gasteiger partial charge in [-0.2, -0.15) is 4.79 Å². The molecule has 0 radical (unpaired) electrons. The van der Waals surface area contributed by atoms with Crippen LogP contribution >= 0.6 is 0 Å². The molecular formula is C16H17N3O5. The van der Waals surface area contributed by atoms with E-state index < -0.39 is 35.5 Å². The fourth-order valence-corrected chi connectivity index (χ4v) is 2.37. The van der Waals surface area contributed by atoms with Crippen LogP contribution in [0.2, 0.25) is 0 Å². The van der Waals surface area contributed by atoms with Gasteiger partial charge in [-0.15, -0.1) is 0 Å². The number of esters is 1. The summed E-state index contributed by atoms with van der Waals surface area (Å²) in [5.41, 5.74) is 8.97. The first kappa shape index (κ1) is 17.4. The lowest BCUT2D eigenvalue weighted by Crippen LogP contribution is -2.52. The third-order valence-electron chi connectivity index (χ3n) is 3.84. The molecule has 8 heteroatoms. The number of ether oxygens (including phenoxy) is 2. The molecule has 2 atom stereocenters. The summed E-state index contributed by atoms with van der Waals surface area (Å²) < 4.78 is 9.47. The number of benzene rings is 1. The number of carbonyl (C=O) groups excluding carboxylic acids is 3. The molecule has 1 amide bonds. The molecule has 1 aromatic carbocycles. The Balaban J connectivity index is 1.87. The fourth-order valence-electron chi connectivity index (χ4n) is 2.37. The predicted molar refractivity (Wildman–Crippen MR) is 81.9 cm³/mol. The Kier molecular flexibility index (Phi) is 5.81. The molecule has 1 aromatic rings. The SMILES string of the molecule is COC(=O)C(=[N+]=[N-])C(=O)[C@@H]1CC[C@@H]1NC(=O)OCc1ccccc1. The molecule has 0 unspecified atom stereocenters. The molecule has 24 heavy (non-hydrogen) atoms. The molecule has 0 aromatic heterocycles. The van der Waals surface area contributed by atoms with Crippen molar-refractivity contribution in [1.82, 2.24) is 5.32 Å². The summed E-state index contributed by atoms with van der Waals surface area (Å²) in [5, 5.41) is 2.58. The maximum atomic E-state index is 12.1. The van der Waals surface area contributed by atoms with Gasteiger partial charge in [0.25, 0.3) is 5.78 Å². The summed E-state index contributed by atoms with van der Waals surface area (Å²) in [7, 11) is 1.08. The molecular weight excluding hydrogens is 314 g/mol. The van der Waals surface area contributed by atoms with Gasteiger partial charge in [-0.1, -0.05) is 30.3 Å². The van der Waals surface area contributed by atoms with Crippen molar-refractivity contribution in [3.63, 3.8) is 0 Å². The molecule has 1 N–H and O–H groups in total. The van der Waals surface area contributed by atoms with E-state index in [2.05, 4.69) is 14.8 Å². The summed E-state index contributed by atoms with van der Waals surface area (Å²) in [5.74, 6) is -2.32. The number of methoxy groups -OCH3 is 1. The highest BCUT2D eigenvalue weighted by atomic mass is 16.5. The maximum Gasteiger partial charge on any atom is 0.441 e. The van der Waals surface area contributed by atoms with Gasteiger partial charge in [0.2, 0.25) is 0 Å². The fraction of sp³-hybridized carbons (Fsp3) is 0.375. The second-order valence-corrected chi connectivity index (χ2v) is 5.30. The molecule has 1 aliphatic rings. The van der Waals surface area contributed by atoms with Crippen LogP contribution in [0.5, 0.6) is 0 Å². The van der Waals surface area contributed by atoms with Crippen molar-refractivity contribution in [3.05, 3.63) is 41.4 Å². The highest BCUT2D eigenvalue weighted by Gasteiger charge is 2.45. The van der Waals surface area contributed by atoms with Gasteiger partial charge in [0.1, 0.15) is 6.61 Å². The number of amides is 1. The van der Waals surface area contributed by atoms with Gasteiger partial charge in [-0.3, -0.25) is 4.79 Å². The lowest BCUT2D eigenvalue weighted by atomic mass is 9.75. The van der Waals surface area contributed by atoms with Crippen molar-refractivity contribution < 1.29 is 28.6 Å². The van der Waals surface area contributed by atoms with Crippen LogP contribution in [0, 0.1) is 5.92 Å². The third-order valence-corrected chi connectivity index (χ3v) is 3.84. The van der Waals surface area contributed by atoms with Crippen molar-refractivity contribution in [2.45, 2.75) is 25.5 Å². The largest absolute Gasteiger partial charge is 0.460 e. The van der Waals surface area contributed by atoms with Crippen molar-refractivity contribution in [2.24, 2.45) is 5.92 Å². The topological polar surface area (TPSA) is 118 Å². The van der Waals surface area contributed by atoms with Crippen LogP contribution in [0.4, 0.5) is 4.79 Å². The molecule has 1 fully saturated rings. The van der Waals surface area contributed by atoms with Gasteiger partial charge >= 0.3 is 17.8 Å². The van der Waals surface area contributed by atoms with Gasteiger partial charge in [0.15, 0.2) is 0 Å². The van der Waals surface area contributed by atoms with Crippen LogP contribution in [0.1, 0.15) is 18.4 Å². The van der Waals surface area contributed by atoms with Crippen molar-refractivity contribution in [1.29, 1.82) is 0 Å². The van der Waals surface area contributed by atoms with E-state index >= 15 is 0 Å². The third kappa shape index (κ3) is 4.05. The Morgan fingerprint density at radius 1 is 1.25 bits per heavy atom. The van der Waals surface area contributed by atoms with E-state index in [0.717, 1.165) is 12.7 Å². The molecule has 8 nitrogen and oxygen atoms in total. The lowest BCUT2D eigenvalue weighted by Gasteiger charge is -2.34. The number of hydrogen-bond donors (Lipinski definition) is 1. The van der Waals surface area contributed by atoms with Gasteiger partial charge in [0, 0.05) is 6.04 Å². The first-order valence-corrected chi connectivity index (χ1v) is 7.38. The molecule has 1 aliphatic carbocycles. The van der Waals surface area contributed by atoms with E-state index in [4.69, 9.17) is 10.3 Å². The van der Waals surface area contributed by atoms with Gasteiger partial charge in [-0.25, -0.2) is 9.59 Å². The number of rotatable bonds is 6. The number of carbonyl (C=O) groups is 3. The highest BCUT2D eigenvalue weighted by Crippen LogP contribution is 2.28. The number of hydrogen-bond acceptors (Lipinski definition) is 5. The van der Waals surface area contributed by atoms with Crippen molar-refractivity contribution in [3.8, 4) is 0 Å². The first-order chi connectivity index (χ1) is 11.6. The summed E-state index contributed by atoms with van der Waals surface area (Å²) >= 11 is 0. The zero-order chi connectivity index (χ0) is 17.5. The molecule has 0 spiro atoms. The Bertz CT molecular complexity index is 682. The second kappa shape index (κ2) is 8.03. The van der Waals surface area contributed by atoms with Crippen LogP contribution in [-0.2, 0) is 25.7 Å². The van der Waals surface area contributed by atoms with E-state index in [-0.39, 0.29) is 6.61 Å². The van der Waals surface area contributed by atoms with Crippen LogP contribution in [-0.4, -0.2) is 41.5 Å². The van der Waals surface area contributed by atoms with Crippen LogP contribution in [0.15, 0.2) is 30.3 Å². The Labute approximate surface area is 138 Å². The number of Topliss-reactive ketones (excluding diaryl/α,β-unsaturated/α-hetero) is 1. The quantitative estimate of drug-likeness (QED) is 0.275. The minimum atomic E-state index is -1.01. The molecule has 0 saturated heterocycles. The van der Waals surface area contributed by atoms with Gasteiger partial charge in [0.05, 0.1) is 13.0 Å². The van der Waals surface area contributed by atoms with Gasteiger partial charge < -0.3 is 20.3 Å². The molecule has 2 rings (SSSR count). The molecule has 0 bridgehead atoms. The average Bonchev–Trinajstić information content (AvgIpc) is 2.58. The number of alkyl carbamates (subject to hydrolysis) is 1. The number of nitrogens with zero attached hydrogens (tertiary/aromatic N) is 2. The molecule has 126 valence electrons. The Hall–Kier alpha value is -2.99. The van der Waals surface area contributed by atoms with Crippen LogP contribution in [0.3, 0.4) is 0 Å². The standard InChI is InChI=1S/C16H17N3O5/c1-23-15(21)13(19-17)14(20)11-7-8-12(11)18-16(22)24-9-10-5-3-2-4-6-10/h2-6,11-12H,7-9H2,1H3,(H,18,22)/t11-,12+/m1/s1. The smallest absolute Gasteiger partial charge is 0.441 e. The lowest BCUT2D eigenvalue weighted by molar-refractivity contribution is -0.141. The summed E-state index contributed by atoms with van der Waals surface area (Å²) in [4.78, 5) is 38.0. The van der Waals surface area contributed by atoms with E-state index in [0.29, 0.717) is 12.8 Å². The van der Waals surface area contributed by atoms with E-state index in [1.54, 1.807) is 0 Å². The van der Waals surface area contributed by atoms with Crippen molar-refractivity contribution in [2.75, 3.05) is 7.11 Å². The van der Waals surface area contributed by atoms with Crippen LogP contribution < -0.4 is 5.32 Å². The zero-order valence-electron chi connectivity index (χ0n) is 13.1. The maximum absolute atomic E-state index is 12.1. The zero-order valence-corrected chi connectivity index (χ0v) is 13.1. The summed E-state index contributed by atoms with van der Waals surface area (Å²) in [6.07, 6.45) is 0.386. The molecule has 0 heterocycles. The van der Waals surface area contributed by atoms with E-state index in [1.807, 2.05) is 30.3 Å². The average molecular weight is 331 g/mol. The highest BCUT2D eigenvalue weighted by molar-refractivity contribution is 6.62.